The zero-order valence-corrected chi connectivity index (χ0v) is 10.9. The van der Waals surface area contributed by atoms with E-state index in [1.54, 1.807) is 0 Å². The van der Waals surface area contributed by atoms with E-state index in [2.05, 4.69) is 20.8 Å². The number of nitrogens with one attached hydrogen (secondary N) is 1. The molecule has 0 spiro atoms. The van der Waals surface area contributed by atoms with Crippen molar-refractivity contribution >= 4 is 17.7 Å². The van der Waals surface area contributed by atoms with Gasteiger partial charge in [-0.2, -0.15) is 0 Å². The zero-order chi connectivity index (χ0) is 12.8. The zero-order valence-electron chi connectivity index (χ0n) is 10.1. The lowest BCUT2D eigenvalue weighted by Crippen LogP contribution is -2.28. The average Bonchev–Trinajstić information content (AvgIpc) is 3.03. The molecular weight excluding hydrogens is 254 g/mol. The quantitative estimate of drug-likeness (QED) is 0.707. The smallest absolute Gasteiger partial charge is 0.230 e. The van der Waals surface area contributed by atoms with Gasteiger partial charge in [-0.1, -0.05) is 24.6 Å². The molecule has 1 aliphatic rings. The standard InChI is InChI=1S/C10H17N5O2S/c16-6-5-11-9(17)7-18-10-12-13-14-15(10)8-3-1-2-4-8/h8,16H,1-7H2,(H,11,17). The number of carbonyl (C=O) groups is 1. The highest BCUT2D eigenvalue weighted by Gasteiger charge is 2.21. The summed E-state index contributed by atoms with van der Waals surface area (Å²) in [6.07, 6.45) is 4.64. The van der Waals surface area contributed by atoms with E-state index in [1.165, 1.54) is 24.6 Å². The topological polar surface area (TPSA) is 92.9 Å². The van der Waals surface area contributed by atoms with Crippen LogP contribution in [0, 0.1) is 0 Å². The summed E-state index contributed by atoms with van der Waals surface area (Å²) in [5, 5.41) is 23.5. The molecule has 1 amide bonds. The van der Waals surface area contributed by atoms with Gasteiger partial charge < -0.3 is 10.4 Å². The molecule has 0 unspecified atom stereocenters. The summed E-state index contributed by atoms with van der Waals surface area (Å²) in [6.45, 7) is 0.239. The van der Waals surface area contributed by atoms with Gasteiger partial charge in [0.2, 0.25) is 11.1 Å². The Morgan fingerprint density at radius 1 is 1.50 bits per heavy atom. The molecule has 18 heavy (non-hydrogen) atoms. The van der Waals surface area contributed by atoms with Crippen molar-refractivity contribution in [1.82, 2.24) is 25.5 Å². The molecule has 7 nitrogen and oxygen atoms in total. The van der Waals surface area contributed by atoms with Gasteiger partial charge in [0.1, 0.15) is 0 Å². The molecule has 0 bridgehead atoms. The van der Waals surface area contributed by atoms with Crippen molar-refractivity contribution in [2.24, 2.45) is 0 Å². The van der Waals surface area contributed by atoms with Crippen LogP contribution >= 0.6 is 11.8 Å². The number of aromatic nitrogens is 4. The minimum absolute atomic E-state index is 0.0454. The van der Waals surface area contributed by atoms with Crippen molar-refractivity contribution in [3.63, 3.8) is 0 Å². The summed E-state index contributed by atoms with van der Waals surface area (Å²) in [7, 11) is 0. The molecular formula is C10H17N5O2S. The van der Waals surface area contributed by atoms with Crippen molar-refractivity contribution in [2.45, 2.75) is 36.9 Å². The summed E-state index contributed by atoms with van der Waals surface area (Å²) in [4.78, 5) is 11.4. The van der Waals surface area contributed by atoms with Gasteiger partial charge in [0, 0.05) is 6.54 Å². The van der Waals surface area contributed by atoms with E-state index in [-0.39, 0.29) is 24.8 Å². The van der Waals surface area contributed by atoms with Gasteiger partial charge in [0.25, 0.3) is 0 Å². The van der Waals surface area contributed by atoms with E-state index in [1.807, 2.05) is 4.68 Å². The molecule has 100 valence electrons. The van der Waals surface area contributed by atoms with E-state index in [0.717, 1.165) is 12.8 Å². The van der Waals surface area contributed by atoms with Gasteiger partial charge in [0.15, 0.2) is 0 Å². The second-order valence-corrected chi connectivity index (χ2v) is 5.15. The maximum absolute atomic E-state index is 11.4. The number of carbonyl (C=O) groups excluding carboxylic acids is 1. The van der Waals surface area contributed by atoms with E-state index in [9.17, 15) is 4.79 Å². The lowest BCUT2D eigenvalue weighted by atomic mass is 10.3. The molecule has 2 N–H and O–H groups in total. The fourth-order valence-electron chi connectivity index (χ4n) is 2.03. The number of tetrazole rings is 1. The largest absolute Gasteiger partial charge is 0.395 e. The van der Waals surface area contributed by atoms with E-state index in [0.29, 0.717) is 11.2 Å². The summed E-state index contributed by atoms with van der Waals surface area (Å²) in [6, 6.07) is 0.378. The Kier molecular flexibility index (Phi) is 4.94. The third kappa shape index (κ3) is 3.42. The first kappa shape index (κ1) is 13.3. The fraction of sp³-hybridized carbons (Fsp3) is 0.800. The molecule has 1 aromatic heterocycles. The van der Waals surface area contributed by atoms with E-state index >= 15 is 0 Å². The number of amides is 1. The third-order valence-electron chi connectivity index (χ3n) is 2.90. The van der Waals surface area contributed by atoms with Crippen LogP contribution in [0.2, 0.25) is 0 Å². The molecule has 1 aromatic rings. The van der Waals surface area contributed by atoms with Crippen molar-refractivity contribution < 1.29 is 9.90 Å². The van der Waals surface area contributed by atoms with Gasteiger partial charge in [-0.3, -0.25) is 4.79 Å². The maximum Gasteiger partial charge on any atom is 0.230 e. The van der Waals surface area contributed by atoms with Crippen molar-refractivity contribution in [2.75, 3.05) is 18.9 Å². The average molecular weight is 271 g/mol. The first-order valence-electron chi connectivity index (χ1n) is 6.09. The summed E-state index contributed by atoms with van der Waals surface area (Å²) >= 11 is 1.33. The van der Waals surface area contributed by atoms with Crippen molar-refractivity contribution in [1.29, 1.82) is 0 Å². The molecule has 2 rings (SSSR count). The van der Waals surface area contributed by atoms with Crippen LogP contribution < -0.4 is 5.32 Å². The predicted octanol–water partition coefficient (Wildman–Crippen LogP) is -0.0112. The van der Waals surface area contributed by atoms with E-state index < -0.39 is 0 Å². The first-order valence-corrected chi connectivity index (χ1v) is 7.08. The fourth-order valence-corrected chi connectivity index (χ4v) is 2.81. The Bertz CT molecular complexity index is 391. The summed E-state index contributed by atoms with van der Waals surface area (Å²) in [5.74, 6) is 0.155. The maximum atomic E-state index is 11.4. The Morgan fingerprint density at radius 3 is 3.00 bits per heavy atom. The van der Waals surface area contributed by atoms with Gasteiger partial charge in [-0.25, -0.2) is 4.68 Å². The Labute approximate surface area is 109 Å². The highest BCUT2D eigenvalue weighted by atomic mass is 32.2. The van der Waals surface area contributed by atoms with Crippen LogP contribution in [0.3, 0.4) is 0 Å². The normalized spacial score (nSPS) is 16.1. The van der Waals surface area contributed by atoms with Crippen LogP contribution in [0.4, 0.5) is 0 Å². The first-order chi connectivity index (χ1) is 8.81. The van der Waals surface area contributed by atoms with Gasteiger partial charge in [-0.05, 0) is 23.3 Å². The summed E-state index contributed by atoms with van der Waals surface area (Å²) < 4.78 is 1.83. The number of nitrogens with zero attached hydrogens (tertiary/aromatic N) is 4. The minimum atomic E-state index is -0.116. The number of rotatable bonds is 6. The van der Waals surface area contributed by atoms with Crippen LogP contribution in [0.15, 0.2) is 5.16 Å². The second kappa shape index (κ2) is 6.69. The highest BCUT2D eigenvalue weighted by molar-refractivity contribution is 7.99. The molecule has 0 radical (unpaired) electrons. The number of hydrogen-bond acceptors (Lipinski definition) is 6. The van der Waals surface area contributed by atoms with Crippen LogP contribution in [-0.2, 0) is 4.79 Å². The van der Waals surface area contributed by atoms with Gasteiger partial charge in [0.05, 0.1) is 18.4 Å². The summed E-state index contributed by atoms with van der Waals surface area (Å²) in [5.41, 5.74) is 0. The lowest BCUT2D eigenvalue weighted by molar-refractivity contribution is -0.118. The Balaban J connectivity index is 1.85. The van der Waals surface area contributed by atoms with Crippen LogP contribution in [0.25, 0.3) is 0 Å². The second-order valence-electron chi connectivity index (χ2n) is 4.21. The Hall–Kier alpha value is -1.15. The van der Waals surface area contributed by atoms with Crippen molar-refractivity contribution in [3.05, 3.63) is 0 Å². The van der Waals surface area contributed by atoms with Crippen LogP contribution in [0.1, 0.15) is 31.7 Å². The van der Waals surface area contributed by atoms with Gasteiger partial charge in [-0.15, -0.1) is 5.10 Å². The monoisotopic (exact) mass is 271 g/mol. The molecule has 0 atom stereocenters. The number of hydrogen-bond donors (Lipinski definition) is 2. The van der Waals surface area contributed by atoms with E-state index in [4.69, 9.17) is 5.11 Å². The molecule has 1 heterocycles. The molecule has 0 aliphatic heterocycles. The molecule has 1 aliphatic carbocycles. The minimum Gasteiger partial charge on any atom is -0.395 e. The molecule has 0 saturated heterocycles. The molecule has 0 aromatic carbocycles. The van der Waals surface area contributed by atoms with Gasteiger partial charge >= 0.3 is 0 Å². The molecule has 1 fully saturated rings. The number of aliphatic hydroxyl groups excluding tert-OH is 1. The number of thioether (sulfide) groups is 1. The predicted molar refractivity (Wildman–Crippen MR) is 66.1 cm³/mol. The lowest BCUT2D eigenvalue weighted by Gasteiger charge is -2.10. The highest BCUT2D eigenvalue weighted by Crippen LogP contribution is 2.31. The van der Waals surface area contributed by atoms with Crippen LogP contribution in [-0.4, -0.2) is 50.1 Å². The SMILES string of the molecule is O=C(CSc1nnnn1C1CCCC1)NCCO. The molecule has 1 saturated carbocycles. The van der Waals surface area contributed by atoms with Crippen LogP contribution in [0.5, 0.6) is 0 Å². The molecule has 8 heteroatoms. The third-order valence-corrected chi connectivity index (χ3v) is 3.83. The van der Waals surface area contributed by atoms with Crippen molar-refractivity contribution in [3.8, 4) is 0 Å². The number of aliphatic hydroxyl groups is 1. The Morgan fingerprint density at radius 2 is 2.28 bits per heavy atom.